The molecule has 2 nitrogen and oxygen atoms in total. The molecule has 0 amide bonds. The van der Waals surface area contributed by atoms with Gasteiger partial charge in [0.2, 0.25) is 0 Å². The van der Waals surface area contributed by atoms with E-state index in [2.05, 4.69) is 33.0 Å². The molecule has 1 aromatic heterocycles. The molecule has 2 aromatic carbocycles. The quantitative estimate of drug-likeness (QED) is 0.775. The lowest BCUT2D eigenvalue weighted by Crippen LogP contribution is -2.12. The fourth-order valence-corrected chi connectivity index (χ4v) is 2.68. The minimum absolute atomic E-state index is 0.170. The van der Waals surface area contributed by atoms with E-state index in [1.54, 1.807) is 6.20 Å². The maximum Gasteiger partial charge on any atom is 0.0753 e. The molecule has 0 aliphatic carbocycles. The van der Waals surface area contributed by atoms with Gasteiger partial charge in [0, 0.05) is 16.1 Å². The Morgan fingerprint density at radius 3 is 2.63 bits per heavy atom. The molecule has 3 heteroatoms. The summed E-state index contributed by atoms with van der Waals surface area (Å²) in [5, 5.41) is 1.12. The summed E-state index contributed by atoms with van der Waals surface area (Å²) in [7, 11) is 0. The minimum Gasteiger partial charge on any atom is -0.320 e. The van der Waals surface area contributed by atoms with Crippen molar-refractivity contribution < 1.29 is 0 Å². The van der Waals surface area contributed by atoms with Crippen LogP contribution in [-0.4, -0.2) is 4.98 Å². The maximum atomic E-state index is 6.39. The van der Waals surface area contributed by atoms with Crippen molar-refractivity contribution in [1.82, 2.24) is 4.98 Å². The molecule has 19 heavy (non-hydrogen) atoms. The van der Waals surface area contributed by atoms with E-state index in [0.717, 1.165) is 26.5 Å². The smallest absolute Gasteiger partial charge is 0.0753 e. The molecule has 1 heterocycles. The van der Waals surface area contributed by atoms with E-state index in [1.165, 1.54) is 0 Å². The second-order valence-electron chi connectivity index (χ2n) is 4.46. The summed E-state index contributed by atoms with van der Waals surface area (Å²) in [5.41, 5.74) is 9.49. The maximum absolute atomic E-state index is 6.39. The van der Waals surface area contributed by atoms with Crippen LogP contribution < -0.4 is 5.73 Å². The number of hydrogen-bond acceptors (Lipinski definition) is 2. The number of pyridine rings is 1. The summed E-state index contributed by atoms with van der Waals surface area (Å²) in [6.45, 7) is 0. The number of aromatic nitrogens is 1. The Morgan fingerprint density at radius 1 is 1.00 bits per heavy atom. The van der Waals surface area contributed by atoms with Crippen LogP contribution in [0.15, 0.2) is 65.3 Å². The monoisotopic (exact) mass is 312 g/mol. The van der Waals surface area contributed by atoms with Gasteiger partial charge in [-0.3, -0.25) is 4.98 Å². The van der Waals surface area contributed by atoms with E-state index in [-0.39, 0.29) is 6.04 Å². The number of benzene rings is 2. The van der Waals surface area contributed by atoms with Crippen molar-refractivity contribution in [2.24, 2.45) is 5.73 Å². The van der Waals surface area contributed by atoms with Gasteiger partial charge in [0.05, 0.1) is 11.6 Å². The third-order valence-corrected chi connectivity index (χ3v) is 3.70. The summed E-state index contributed by atoms with van der Waals surface area (Å²) in [4.78, 5) is 4.46. The van der Waals surface area contributed by atoms with Gasteiger partial charge in [0.25, 0.3) is 0 Å². The first-order valence-corrected chi connectivity index (χ1v) is 6.90. The summed E-state index contributed by atoms with van der Waals surface area (Å²) in [6.07, 6.45) is 1.81. The molecule has 0 saturated heterocycles. The number of para-hydroxylation sites is 1. The Bertz CT molecular complexity index is 719. The lowest BCUT2D eigenvalue weighted by molar-refractivity contribution is 0.876. The molecule has 1 unspecified atom stereocenters. The van der Waals surface area contributed by atoms with Gasteiger partial charge in [-0.25, -0.2) is 0 Å². The Kier molecular flexibility index (Phi) is 3.32. The van der Waals surface area contributed by atoms with Crippen LogP contribution in [-0.2, 0) is 0 Å². The highest BCUT2D eigenvalue weighted by atomic mass is 79.9. The summed E-state index contributed by atoms with van der Waals surface area (Å²) >= 11 is 3.48. The number of halogens is 1. The van der Waals surface area contributed by atoms with Crippen LogP contribution in [0.5, 0.6) is 0 Å². The third-order valence-electron chi connectivity index (χ3n) is 3.21. The van der Waals surface area contributed by atoms with Crippen molar-refractivity contribution in [3.63, 3.8) is 0 Å². The lowest BCUT2D eigenvalue weighted by atomic mass is 9.97. The number of rotatable bonds is 2. The van der Waals surface area contributed by atoms with Gasteiger partial charge in [-0.05, 0) is 29.3 Å². The minimum atomic E-state index is -0.170. The number of hydrogen-bond donors (Lipinski definition) is 1. The molecule has 0 spiro atoms. The fourth-order valence-electron chi connectivity index (χ4n) is 2.26. The molecular weight excluding hydrogens is 300 g/mol. The highest BCUT2D eigenvalue weighted by Crippen LogP contribution is 2.27. The van der Waals surface area contributed by atoms with Gasteiger partial charge in [-0.1, -0.05) is 52.3 Å². The van der Waals surface area contributed by atoms with E-state index in [9.17, 15) is 0 Å². The van der Waals surface area contributed by atoms with Crippen LogP contribution >= 0.6 is 15.9 Å². The summed E-state index contributed by atoms with van der Waals surface area (Å²) in [5.74, 6) is 0. The molecule has 0 saturated carbocycles. The molecule has 0 bridgehead atoms. The van der Waals surface area contributed by atoms with Crippen LogP contribution in [0.2, 0.25) is 0 Å². The number of fused-ring (bicyclic) bond motifs is 1. The van der Waals surface area contributed by atoms with Crippen molar-refractivity contribution in [3.05, 3.63) is 76.4 Å². The Labute approximate surface area is 120 Å². The van der Waals surface area contributed by atoms with Gasteiger partial charge in [0.15, 0.2) is 0 Å². The molecule has 0 fully saturated rings. The van der Waals surface area contributed by atoms with Gasteiger partial charge in [-0.15, -0.1) is 0 Å². The first-order chi connectivity index (χ1) is 9.25. The predicted octanol–water partition coefficient (Wildman–Crippen LogP) is 4.05. The SMILES string of the molecule is NC(c1cccc(Br)c1)c1cccc2cccnc12. The second-order valence-corrected chi connectivity index (χ2v) is 5.37. The predicted molar refractivity (Wildman–Crippen MR) is 81.9 cm³/mol. The lowest BCUT2D eigenvalue weighted by Gasteiger charge is -2.14. The number of nitrogens with two attached hydrogens (primary N) is 1. The largest absolute Gasteiger partial charge is 0.320 e. The zero-order chi connectivity index (χ0) is 13.2. The van der Waals surface area contributed by atoms with Crippen LogP contribution in [0.1, 0.15) is 17.2 Å². The Morgan fingerprint density at radius 2 is 1.79 bits per heavy atom. The zero-order valence-corrected chi connectivity index (χ0v) is 11.8. The molecule has 0 aliphatic heterocycles. The standard InChI is InChI=1S/C16H13BrN2/c17-13-7-1-5-12(10-13)15(18)14-8-2-4-11-6-3-9-19-16(11)14/h1-10,15H,18H2. The first kappa shape index (κ1) is 12.3. The molecule has 0 aliphatic rings. The molecule has 94 valence electrons. The highest BCUT2D eigenvalue weighted by molar-refractivity contribution is 9.10. The van der Waals surface area contributed by atoms with Crippen molar-refractivity contribution in [2.75, 3.05) is 0 Å². The van der Waals surface area contributed by atoms with E-state index in [0.29, 0.717) is 0 Å². The van der Waals surface area contributed by atoms with Crippen molar-refractivity contribution >= 4 is 26.8 Å². The topological polar surface area (TPSA) is 38.9 Å². The van der Waals surface area contributed by atoms with Crippen LogP contribution in [0, 0.1) is 0 Å². The summed E-state index contributed by atoms with van der Waals surface area (Å²) in [6, 6.07) is 18.0. The summed E-state index contributed by atoms with van der Waals surface area (Å²) < 4.78 is 1.04. The molecule has 3 rings (SSSR count). The number of nitrogens with zero attached hydrogens (tertiary/aromatic N) is 1. The second kappa shape index (κ2) is 5.11. The van der Waals surface area contributed by atoms with Crippen LogP contribution in [0.25, 0.3) is 10.9 Å². The van der Waals surface area contributed by atoms with Gasteiger partial charge >= 0.3 is 0 Å². The van der Waals surface area contributed by atoms with E-state index >= 15 is 0 Å². The third kappa shape index (κ3) is 2.39. The Hall–Kier alpha value is -1.71. The average molecular weight is 313 g/mol. The fraction of sp³-hybridized carbons (Fsp3) is 0.0625. The molecule has 2 N–H and O–H groups in total. The van der Waals surface area contributed by atoms with E-state index in [4.69, 9.17) is 5.73 Å². The molecule has 3 aromatic rings. The van der Waals surface area contributed by atoms with E-state index < -0.39 is 0 Å². The van der Waals surface area contributed by atoms with Gasteiger partial charge < -0.3 is 5.73 Å². The van der Waals surface area contributed by atoms with Crippen molar-refractivity contribution in [1.29, 1.82) is 0 Å². The Balaban J connectivity index is 2.14. The molecule has 1 atom stereocenters. The van der Waals surface area contributed by atoms with Crippen molar-refractivity contribution in [2.45, 2.75) is 6.04 Å². The zero-order valence-electron chi connectivity index (χ0n) is 10.3. The van der Waals surface area contributed by atoms with Gasteiger partial charge in [0.1, 0.15) is 0 Å². The first-order valence-electron chi connectivity index (χ1n) is 6.10. The van der Waals surface area contributed by atoms with Gasteiger partial charge in [-0.2, -0.15) is 0 Å². The van der Waals surface area contributed by atoms with Crippen LogP contribution in [0.4, 0.5) is 0 Å². The molecular formula is C16H13BrN2. The van der Waals surface area contributed by atoms with Crippen molar-refractivity contribution in [3.8, 4) is 0 Å². The van der Waals surface area contributed by atoms with E-state index in [1.807, 2.05) is 42.5 Å². The highest BCUT2D eigenvalue weighted by Gasteiger charge is 2.12. The van der Waals surface area contributed by atoms with Crippen LogP contribution in [0.3, 0.4) is 0 Å². The molecule has 0 radical (unpaired) electrons. The average Bonchev–Trinajstić information content (AvgIpc) is 2.46. The normalized spacial score (nSPS) is 12.5.